The molecule has 0 radical (unpaired) electrons. The molecule has 7 rings (SSSR count). The Morgan fingerprint density at radius 1 is 1.17 bits per heavy atom. The van der Waals surface area contributed by atoms with Gasteiger partial charge in [-0.2, -0.15) is 0 Å². The Morgan fingerprint density at radius 2 is 2.11 bits per heavy atom. The third-order valence-corrected chi connectivity index (χ3v) is 8.41. The van der Waals surface area contributed by atoms with Crippen LogP contribution in [0.25, 0.3) is 27.4 Å². The molecule has 0 spiro atoms. The first-order valence-electron chi connectivity index (χ1n) is 11.6. The highest BCUT2D eigenvalue weighted by atomic mass is 32.1. The lowest BCUT2D eigenvalue weighted by Crippen LogP contribution is -2.41. The van der Waals surface area contributed by atoms with Crippen molar-refractivity contribution in [1.29, 1.82) is 0 Å². The number of nitrogens with one attached hydrogen (secondary N) is 1. The molecule has 2 bridgehead atoms. The topological polar surface area (TPSA) is 105 Å². The molecule has 2 fully saturated rings. The standard InChI is InChI=1S/C24H23N5O5S2/c1-30-14-5-18(32-10-12-11-35-22(26-12)21-17-4-3-13(33-17)8-25-21)15-7-20(34-19(15)6-14)16-9-29-23(27-16)36-24(28-29)31-2/h5-7,9,11,13,17,21,25H,3-4,8,10H2,1-2H3. The lowest BCUT2D eigenvalue weighted by atomic mass is 10.1. The van der Waals surface area contributed by atoms with Gasteiger partial charge in [0.25, 0.3) is 5.19 Å². The van der Waals surface area contributed by atoms with Crippen LogP contribution in [0.5, 0.6) is 16.7 Å². The average Bonchev–Trinajstić information content (AvgIpc) is 3.70. The molecule has 0 saturated carbocycles. The number of morpholine rings is 1. The quantitative estimate of drug-likeness (QED) is 0.330. The molecule has 4 aromatic heterocycles. The number of benzene rings is 1. The summed E-state index contributed by atoms with van der Waals surface area (Å²) in [6.45, 7) is 1.22. The Balaban J connectivity index is 1.14. The molecule has 3 unspecified atom stereocenters. The highest BCUT2D eigenvalue weighted by Gasteiger charge is 2.38. The monoisotopic (exact) mass is 525 g/mol. The number of imidazole rings is 1. The predicted molar refractivity (Wildman–Crippen MR) is 134 cm³/mol. The normalized spacial score (nSPS) is 21.4. The van der Waals surface area contributed by atoms with Gasteiger partial charge in [0.1, 0.15) is 34.4 Å². The van der Waals surface area contributed by atoms with E-state index in [4.69, 9.17) is 28.3 Å². The number of furan rings is 1. The summed E-state index contributed by atoms with van der Waals surface area (Å²) in [7, 11) is 3.21. The van der Waals surface area contributed by atoms with E-state index >= 15 is 0 Å². The van der Waals surface area contributed by atoms with Gasteiger partial charge in [0.05, 0.1) is 49.7 Å². The van der Waals surface area contributed by atoms with E-state index in [1.54, 1.807) is 30.1 Å². The summed E-state index contributed by atoms with van der Waals surface area (Å²) in [6, 6.07) is 5.79. The van der Waals surface area contributed by atoms with E-state index in [0.29, 0.717) is 46.4 Å². The number of rotatable bonds is 7. The van der Waals surface area contributed by atoms with Crippen LogP contribution in [0.2, 0.25) is 0 Å². The maximum Gasteiger partial charge on any atom is 0.294 e. The van der Waals surface area contributed by atoms with Crippen LogP contribution >= 0.6 is 22.7 Å². The van der Waals surface area contributed by atoms with Gasteiger partial charge in [-0.15, -0.1) is 16.4 Å². The van der Waals surface area contributed by atoms with Crippen molar-refractivity contribution in [3.05, 3.63) is 40.5 Å². The van der Waals surface area contributed by atoms with Crippen molar-refractivity contribution < 1.29 is 23.4 Å². The first-order valence-corrected chi connectivity index (χ1v) is 13.3. The largest absolute Gasteiger partial charge is 0.496 e. The molecule has 186 valence electrons. The minimum Gasteiger partial charge on any atom is -0.496 e. The van der Waals surface area contributed by atoms with Crippen molar-refractivity contribution in [2.75, 3.05) is 20.8 Å². The zero-order chi connectivity index (χ0) is 24.2. The Morgan fingerprint density at radius 3 is 2.97 bits per heavy atom. The lowest BCUT2D eigenvalue weighted by Gasteiger charge is -2.29. The second kappa shape index (κ2) is 8.73. The molecule has 1 N–H and O–H groups in total. The van der Waals surface area contributed by atoms with Crippen molar-refractivity contribution in [2.24, 2.45) is 0 Å². The molecule has 10 nitrogen and oxygen atoms in total. The van der Waals surface area contributed by atoms with E-state index in [1.807, 2.05) is 24.4 Å². The summed E-state index contributed by atoms with van der Waals surface area (Å²) in [6.07, 6.45) is 4.57. The lowest BCUT2D eigenvalue weighted by molar-refractivity contribution is -0.0112. The second-order valence-electron chi connectivity index (χ2n) is 8.80. The summed E-state index contributed by atoms with van der Waals surface area (Å²) in [5.74, 6) is 1.93. The molecule has 6 heterocycles. The van der Waals surface area contributed by atoms with E-state index in [9.17, 15) is 0 Å². The summed E-state index contributed by atoms with van der Waals surface area (Å²) in [5, 5.41) is 12.4. The van der Waals surface area contributed by atoms with Crippen molar-refractivity contribution >= 4 is 38.6 Å². The molecular formula is C24H23N5O5S2. The maximum absolute atomic E-state index is 6.23. The van der Waals surface area contributed by atoms with Crippen molar-refractivity contribution in [2.45, 2.75) is 37.7 Å². The van der Waals surface area contributed by atoms with Gasteiger partial charge < -0.3 is 28.7 Å². The van der Waals surface area contributed by atoms with Gasteiger partial charge in [0.15, 0.2) is 5.76 Å². The van der Waals surface area contributed by atoms with Gasteiger partial charge in [0, 0.05) is 24.1 Å². The van der Waals surface area contributed by atoms with Crippen LogP contribution in [0, 0.1) is 0 Å². The van der Waals surface area contributed by atoms with Gasteiger partial charge in [0.2, 0.25) is 4.96 Å². The molecule has 36 heavy (non-hydrogen) atoms. The maximum atomic E-state index is 6.23. The van der Waals surface area contributed by atoms with Crippen LogP contribution in [0.15, 0.2) is 34.2 Å². The number of methoxy groups -OCH3 is 2. The molecule has 0 amide bonds. The van der Waals surface area contributed by atoms with Crippen LogP contribution in [-0.4, -0.2) is 52.6 Å². The summed E-state index contributed by atoms with van der Waals surface area (Å²) < 4.78 is 30.8. The van der Waals surface area contributed by atoms with Gasteiger partial charge >= 0.3 is 0 Å². The first kappa shape index (κ1) is 22.0. The fraction of sp³-hybridized carbons (Fsp3) is 0.375. The molecule has 0 aliphatic carbocycles. The van der Waals surface area contributed by atoms with E-state index in [0.717, 1.165) is 40.4 Å². The van der Waals surface area contributed by atoms with Crippen LogP contribution < -0.4 is 19.5 Å². The molecule has 1 aromatic carbocycles. The minimum absolute atomic E-state index is 0.154. The number of hydrogen-bond donors (Lipinski definition) is 1. The summed E-state index contributed by atoms with van der Waals surface area (Å²) in [4.78, 5) is 10.2. The van der Waals surface area contributed by atoms with Crippen LogP contribution in [0.4, 0.5) is 0 Å². The number of ether oxygens (including phenoxy) is 4. The molecule has 5 aromatic rings. The van der Waals surface area contributed by atoms with E-state index < -0.39 is 0 Å². The van der Waals surface area contributed by atoms with Crippen LogP contribution in [0.1, 0.15) is 29.6 Å². The summed E-state index contributed by atoms with van der Waals surface area (Å²) >= 11 is 3.01. The Kier molecular flexibility index (Phi) is 5.35. The number of thiazole rings is 1. The average molecular weight is 526 g/mol. The highest BCUT2D eigenvalue weighted by molar-refractivity contribution is 7.18. The van der Waals surface area contributed by atoms with Gasteiger partial charge in [-0.25, -0.2) is 14.5 Å². The molecular weight excluding hydrogens is 502 g/mol. The van der Waals surface area contributed by atoms with Crippen molar-refractivity contribution in [3.63, 3.8) is 0 Å². The van der Waals surface area contributed by atoms with Gasteiger partial charge in [-0.3, -0.25) is 0 Å². The zero-order valence-corrected chi connectivity index (χ0v) is 21.2. The number of hydrogen-bond acceptors (Lipinski definition) is 11. The second-order valence-corrected chi connectivity index (χ2v) is 10.6. The Bertz CT molecular complexity index is 1520. The molecule has 2 aliphatic heterocycles. The zero-order valence-electron chi connectivity index (χ0n) is 19.6. The molecule has 3 atom stereocenters. The third-order valence-electron chi connectivity index (χ3n) is 6.55. The van der Waals surface area contributed by atoms with E-state index in [1.165, 1.54) is 11.3 Å². The smallest absolute Gasteiger partial charge is 0.294 e. The van der Waals surface area contributed by atoms with Crippen molar-refractivity contribution in [3.8, 4) is 28.1 Å². The summed E-state index contributed by atoms with van der Waals surface area (Å²) in [5.41, 5.74) is 2.21. The first-order chi connectivity index (χ1) is 17.7. The molecule has 2 saturated heterocycles. The van der Waals surface area contributed by atoms with Crippen LogP contribution in [0.3, 0.4) is 0 Å². The SMILES string of the molecule is COc1cc(OCc2csc(C3NCC4CCC3O4)n2)c2cc(-c3cn4nc(OC)sc4n3)oc2c1. The fourth-order valence-corrected chi connectivity index (χ4v) is 6.41. The number of fused-ring (bicyclic) bond motifs is 4. The van der Waals surface area contributed by atoms with E-state index in [-0.39, 0.29) is 12.1 Å². The minimum atomic E-state index is 0.154. The highest BCUT2D eigenvalue weighted by Crippen LogP contribution is 2.38. The number of nitrogens with zero attached hydrogens (tertiary/aromatic N) is 4. The fourth-order valence-electron chi connectivity index (χ4n) is 4.78. The Hall–Kier alpha value is -3.19. The third kappa shape index (κ3) is 3.81. The van der Waals surface area contributed by atoms with Crippen LogP contribution in [-0.2, 0) is 11.3 Å². The predicted octanol–water partition coefficient (Wildman–Crippen LogP) is 4.45. The van der Waals surface area contributed by atoms with Gasteiger partial charge in [-0.1, -0.05) is 0 Å². The van der Waals surface area contributed by atoms with Gasteiger partial charge in [-0.05, 0) is 30.2 Å². The molecule has 2 aliphatic rings. The Labute approximate surface area is 213 Å². The van der Waals surface area contributed by atoms with Crippen molar-refractivity contribution in [1.82, 2.24) is 24.9 Å². The van der Waals surface area contributed by atoms with E-state index in [2.05, 4.69) is 20.8 Å². The molecule has 12 heteroatoms. The number of aromatic nitrogens is 4.